The van der Waals surface area contributed by atoms with Crippen LogP contribution in [0.2, 0.25) is 0 Å². The first-order chi connectivity index (χ1) is 15.0. The first-order valence-corrected chi connectivity index (χ1v) is 10.6. The lowest BCUT2D eigenvalue weighted by atomic mass is 9.97. The summed E-state index contributed by atoms with van der Waals surface area (Å²) in [5.74, 6) is -2.97. The summed E-state index contributed by atoms with van der Waals surface area (Å²) in [4.78, 5) is 67.1. The van der Waals surface area contributed by atoms with E-state index >= 15 is 0 Å². The van der Waals surface area contributed by atoms with Crippen molar-refractivity contribution in [3.63, 3.8) is 0 Å². The van der Waals surface area contributed by atoms with Crippen molar-refractivity contribution < 1.29 is 42.9 Å². The van der Waals surface area contributed by atoms with Gasteiger partial charge in [-0.2, -0.15) is 4.98 Å². The van der Waals surface area contributed by atoms with E-state index in [1.807, 2.05) is 0 Å². The van der Waals surface area contributed by atoms with Gasteiger partial charge in [-0.15, -0.1) is 0 Å². The smallest absolute Gasteiger partial charge is 0.353 e. The van der Waals surface area contributed by atoms with Gasteiger partial charge in [0.2, 0.25) is 0 Å². The number of carbonyl (C=O) groups is 4. The number of nitrogens with zero attached hydrogens (tertiary/aromatic N) is 3. The second-order valence-electron chi connectivity index (χ2n) is 6.62. The van der Waals surface area contributed by atoms with Gasteiger partial charge in [0.15, 0.2) is 29.7 Å². The number of aromatic nitrogens is 3. The molecule has 32 heavy (non-hydrogen) atoms. The first-order valence-electron chi connectivity index (χ1n) is 9.33. The molecule has 2 heterocycles. The van der Waals surface area contributed by atoms with Crippen molar-refractivity contribution in [3.05, 3.63) is 16.8 Å². The highest BCUT2D eigenvalue weighted by Gasteiger charge is 2.53. The van der Waals surface area contributed by atoms with Crippen LogP contribution in [0.1, 0.15) is 33.9 Å². The van der Waals surface area contributed by atoms with Crippen molar-refractivity contribution in [1.82, 2.24) is 14.5 Å². The minimum Gasteiger partial charge on any atom is -0.463 e. The van der Waals surface area contributed by atoms with Crippen LogP contribution in [0.4, 0.5) is 0 Å². The monoisotopic (exact) mass is 473 g/mol. The fraction of sp³-hybridized carbons (Fsp3) is 0.611. The van der Waals surface area contributed by atoms with Crippen LogP contribution < -0.4 is 5.69 Å². The Kier molecular flexibility index (Phi) is 8.72. The van der Waals surface area contributed by atoms with Crippen LogP contribution >= 0.6 is 11.8 Å². The van der Waals surface area contributed by atoms with Gasteiger partial charge >= 0.3 is 29.6 Å². The fourth-order valence-electron chi connectivity index (χ4n) is 3.03. The number of carbonyl (C=O) groups excluding carboxylic acids is 4. The van der Waals surface area contributed by atoms with Gasteiger partial charge in [0, 0.05) is 27.7 Å². The van der Waals surface area contributed by atoms with Crippen LogP contribution in [-0.4, -0.2) is 75.7 Å². The van der Waals surface area contributed by atoms with Gasteiger partial charge in [-0.1, -0.05) is 11.8 Å². The van der Waals surface area contributed by atoms with Crippen LogP contribution in [0.3, 0.4) is 0 Å². The van der Waals surface area contributed by atoms with Gasteiger partial charge in [0.25, 0.3) is 0 Å². The Morgan fingerprint density at radius 1 is 0.969 bits per heavy atom. The van der Waals surface area contributed by atoms with E-state index in [0.29, 0.717) is 0 Å². The molecular formula is C18H23N3O10S. The molecule has 1 aliphatic rings. The van der Waals surface area contributed by atoms with E-state index in [1.54, 1.807) is 6.26 Å². The molecule has 0 bridgehead atoms. The normalized spacial score (nSPS) is 24.8. The summed E-state index contributed by atoms with van der Waals surface area (Å²) >= 11 is 1.13. The molecule has 5 atom stereocenters. The topological polar surface area (TPSA) is 162 Å². The summed E-state index contributed by atoms with van der Waals surface area (Å²) in [6.07, 6.45) is -3.91. The predicted molar refractivity (Wildman–Crippen MR) is 105 cm³/mol. The molecule has 0 aromatic carbocycles. The largest absolute Gasteiger partial charge is 0.463 e. The van der Waals surface area contributed by atoms with Crippen LogP contribution in [0.15, 0.2) is 16.3 Å². The second kappa shape index (κ2) is 11.0. The lowest BCUT2D eigenvalue weighted by molar-refractivity contribution is -0.269. The summed E-state index contributed by atoms with van der Waals surface area (Å²) in [6.45, 7) is 4.06. The maximum absolute atomic E-state index is 12.6. The van der Waals surface area contributed by atoms with Crippen molar-refractivity contribution in [2.45, 2.75) is 63.5 Å². The zero-order chi connectivity index (χ0) is 24.0. The number of esters is 4. The number of hydrogen-bond donors (Lipinski definition) is 0. The highest BCUT2D eigenvalue weighted by Crippen LogP contribution is 2.34. The Labute approximate surface area is 186 Å². The van der Waals surface area contributed by atoms with E-state index in [4.69, 9.17) is 23.7 Å². The molecule has 0 radical (unpaired) electrons. The molecule has 0 saturated carbocycles. The van der Waals surface area contributed by atoms with E-state index in [0.717, 1.165) is 50.4 Å². The highest BCUT2D eigenvalue weighted by molar-refractivity contribution is 7.98. The fourth-order valence-corrected chi connectivity index (χ4v) is 3.35. The summed E-state index contributed by atoms with van der Waals surface area (Å²) in [5.41, 5.74) is -0.787. The lowest BCUT2D eigenvalue weighted by Gasteiger charge is -2.44. The Bertz CT molecular complexity index is 936. The summed E-state index contributed by atoms with van der Waals surface area (Å²) in [6, 6.07) is 0. The van der Waals surface area contributed by atoms with E-state index in [-0.39, 0.29) is 5.16 Å². The first kappa shape index (κ1) is 25.3. The summed E-state index contributed by atoms with van der Waals surface area (Å²) in [7, 11) is 0. The van der Waals surface area contributed by atoms with Crippen molar-refractivity contribution in [2.24, 2.45) is 0 Å². The van der Waals surface area contributed by atoms with E-state index in [1.165, 1.54) is 0 Å². The van der Waals surface area contributed by atoms with E-state index in [2.05, 4.69) is 9.97 Å². The third-order valence-electron chi connectivity index (χ3n) is 4.13. The van der Waals surface area contributed by atoms with Gasteiger partial charge in [0.05, 0.1) is 0 Å². The zero-order valence-electron chi connectivity index (χ0n) is 18.0. The van der Waals surface area contributed by atoms with Gasteiger partial charge in [-0.3, -0.25) is 23.7 Å². The molecule has 14 heteroatoms. The maximum atomic E-state index is 12.6. The molecule has 1 aromatic rings. The molecule has 0 unspecified atom stereocenters. The van der Waals surface area contributed by atoms with Crippen molar-refractivity contribution in [1.29, 1.82) is 0 Å². The average Bonchev–Trinajstić information content (AvgIpc) is 2.68. The highest BCUT2D eigenvalue weighted by atomic mass is 32.2. The molecule has 1 fully saturated rings. The van der Waals surface area contributed by atoms with Crippen LogP contribution in [0.5, 0.6) is 0 Å². The molecule has 0 amide bonds. The molecule has 2 rings (SSSR count). The Morgan fingerprint density at radius 3 is 2.03 bits per heavy atom. The quantitative estimate of drug-likeness (QED) is 0.286. The number of hydrogen-bond acceptors (Lipinski definition) is 13. The number of thioether (sulfide) groups is 1. The van der Waals surface area contributed by atoms with E-state index in [9.17, 15) is 24.0 Å². The Morgan fingerprint density at radius 2 is 1.53 bits per heavy atom. The molecule has 176 valence electrons. The van der Waals surface area contributed by atoms with Crippen LogP contribution in [0, 0.1) is 0 Å². The molecular weight excluding hydrogens is 450 g/mol. The zero-order valence-corrected chi connectivity index (χ0v) is 18.8. The molecule has 0 spiro atoms. The predicted octanol–water partition coefficient (Wildman–Crippen LogP) is -0.384. The molecule has 13 nitrogen and oxygen atoms in total. The summed E-state index contributed by atoms with van der Waals surface area (Å²) < 4.78 is 27.7. The van der Waals surface area contributed by atoms with Crippen molar-refractivity contribution >= 4 is 35.6 Å². The lowest BCUT2D eigenvalue weighted by Crippen LogP contribution is -2.61. The minimum absolute atomic E-state index is 0.192. The molecule has 1 aliphatic heterocycles. The van der Waals surface area contributed by atoms with Crippen molar-refractivity contribution in [3.8, 4) is 0 Å². The Balaban J connectivity index is 2.59. The summed E-state index contributed by atoms with van der Waals surface area (Å²) in [5, 5.41) is 0.192. The minimum atomic E-state index is -1.42. The molecule has 1 saturated heterocycles. The Hall–Kier alpha value is -3.00. The number of ether oxygens (including phenoxy) is 5. The third-order valence-corrected chi connectivity index (χ3v) is 4.69. The molecule has 0 N–H and O–H groups in total. The molecule has 0 aliphatic carbocycles. The van der Waals surface area contributed by atoms with Gasteiger partial charge in [-0.05, 0) is 6.26 Å². The van der Waals surface area contributed by atoms with Gasteiger partial charge in [-0.25, -0.2) is 9.78 Å². The third kappa shape index (κ3) is 6.50. The SMILES string of the molecule is CSc1ncn([C@@H]2O[C@H](COC(C)=O)[C@@H](OC(C)=O)[C@H](OC(C)=O)[C@H]2OC(C)=O)c(=O)n1. The standard InChI is InChI=1S/C18H23N3O10S/c1-8(22)27-6-12-13(28-9(2)23)14(29-10(3)24)15(30-11(4)25)16(31-12)21-7-19-17(32-5)20-18(21)26/h7,12-16H,6H2,1-5H3/t12-,13-,14+,15-,16-/m1/s1. The van der Waals surface area contributed by atoms with Gasteiger partial charge < -0.3 is 23.7 Å². The number of rotatable bonds is 7. The van der Waals surface area contributed by atoms with Crippen LogP contribution in [0.25, 0.3) is 0 Å². The maximum Gasteiger partial charge on any atom is 0.353 e. The van der Waals surface area contributed by atoms with Gasteiger partial charge in [0.1, 0.15) is 19.0 Å². The molecule has 1 aromatic heterocycles. The van der Waals surface area contributed by atoms with Crippen LogP contribution in [-0.2, 0) is 42.9 Å². The average molecular weight is 473 g/mol. The van der Waals surface area contributed by atoms with Crippen molar-refractivity contribution in [2.75, 3.05) is 12.9 Å². The van der Waals surface area contributed by atoms with E-state index < -0.39 is 66.8 Å². The second-order valence-corrected chi connectivity index (χ2v) is 7.40.